The Morgan fingerprint density at radius 1 is 1.38 bits per heavy atom. The lowest BCUT2D eigenvalue weighted by Gasteiger charge is -2.62. The van der Waals surface area contributed by atoms with Crippen molar-refractivity contribution in [2.75, 3.05) is 5.32 Å². The molecule has 3 saturated carbocycles. The van der Waals surface area contributed by atoms with Gasteiger partial charge in [-0.05, 0) is 37.3 Å². The van der Waals surface area contributed by atoms with Gasteiger partial charge in [-0.15, -0.1) is 0 Å². The Bertz CT molecular complexity index is 334. The molecule has 13 heavy (non-hydrogen) atoms. The van der Waals surface area contributed by atoms with Crippen molar-refractivity contribution in [3.8, 4) is 0 Å². The van der Waals surface area contributed by atoms with Gasteiger partial charge in [-0.25, -0.2) is 4.98 Å². The van der Waals surface area contributed by atoms with E-state index in [1.54, 1.807) is 6.07 Å². The second-order valence-corrected chi connectivity index (χ2v) is 4.23. The highest BCUT2D eigenvalue weighted by molar-refractivity contribution is 5.41. The first kappa shape index (κ1) is 7.30. The Balaban J connectivity index is 1.78. The quantitative estimate of drug-likeness (QED) is 0.702. The minimum Gasteiger partial charge on any atom is -0.365 e. The maximum Gasteiger partial charge on any atom is 0.214 e. The molecule has 2 bridgehead atoms. The molecule has 1 heterocycles. The van der Waals surface area contributed by atoms with Gasteiger partial charge in [0, 0.05) is 5.54 Å². The first-order valence-corrected chi connectivity index (χ1v) is 4.67. The van der Waals surface area contributed by atoms with E-state index in [1.165, 1.54) is 25.3 Å². The lowest BCUT2D eigenvalue weighted by molar-refractivity contribution is 0.00176. The molecule has 1 N–H and O–H groups in total. The van der Waals surface area contributed by atoms with Gasteiger partial charge in [0.25, 0.3) is 0 Å². The zero-order valence-corrected chi connectivity index (χ0v) is 7.26. The monoisotopic (exact) mass is 178 g/mol. The second kappa shape index (κ2) is 2.22. The molecule has 0 radical (unpaired) electrons. The molecule has 0 saturated heterocycles. The first-order chi connectivity index (χ1) is 6.26. The van der Waals surface area contributed by atoms with Gasteiger partial charge < -0.3 is 5.32 Å². The van der Waals surface area contributed by atoms with Crippen LogP contribution in [0.4, 0.5) is 10.2 Å². The largest absolute Gasteiger partial charge is 0.365 e. The number of pyridine rings is 1. The van der Waals surface area contributed by atoms with E-state index in [1.807, 2.05) is 6.07 Å². The molecule has 1 aromatic heterocycles. The van der Waals surface area contributed by atoms with Crippen molar-refractivity contribution in [1.29, 1.82) is 0 Å². The van der Waals surface area contributed by atoms with Crippen LogP contribution in [0.3, 0.4) is 0 Å². The highest BCUT2D eigenvalue weighted by Gasteiger charge is 2.56. The number of nitrogens with one attached hydrogen (secondary N) is 1. The number of rotatable bonds is 2. The summed E-state index contributed by atoms with van der Waals surface area (Å²) in [4.78, 5) is 3.79. The topological polar surface area (TPSA) is 24.9 Å². The smallest absolute Gasteiger partial charge is 0.214 e. The fourth-order valence-corrected chi connectivity index (χ4v) is 2.38. The molecular weight excluding hydrogens is 167 g/mol. The van der Waals surface area contributed by atoms with Crippen molar-refractivity contribution in [3.63, 3.8) is 0 Å². The number of nitrogens with zero attached hydrogens (tertiary/aromatic N) is 1. The normalized spacial score (nSPS) is 34.7. The predicted molar refractivity (Wildman–Crippen MR) is 47.9 cm³/mol. The van der Waals surface area contributed by atoms with E-state index in [9.17, 15) is 4.39 Å². The van der Waals surface area contributed by atoms with Crippen LogP contribution in [0.1, 0.15) is 19.3 Å². The van der Waals surface area contributed by atoms with Crippen LogP contribution in [0.2, 0.25) is 0 Å². The highest BCUT2D eigenvalue weighted by atomic mass is 19.1. The van der Waals surface area contributed by atoms with Crippen LogP contribution >= 0.6 is 0 Å². The first-order valence-electron chi connectivity index (χ1n) is 4.67. The molecule has 3 fully saturated rings. The molecule has 3 aliphatic carbocycles. The van der Waals surface area contributed by atoms with Gasteiger partial charge in [-0.1, -0.05) is 6.07 Å². The molecule has 0 aliphatic heterocycles. The van der Waals surface area contributed by atoms with Gasteiger partial charge in [0.2, 0.25) is 5.95 Å². The predicted octanol–water partition coefficient (Wildman–Crippen LogP) is 2.19. The third-order valence-electron chi connectivity index (χ3n) is 3.15. The van der Waals surface area contributed by atoms with E-state index in [-0.39, 0.29) is 5.54 Å². The zero-order valence-electron chi connectivity index (χ0n) is 7.26. The van der Waals surface area contributed by atoms with Crippen molar-refractivity contribution in [3.05, 3.63) is 24.1 Å². The van der Waals surface area contributed by atoms with Crippen molar-refractivity contribution >= 4 is 5.82 Å². The molecule has 0 spiro atoms. The molecule has 0 amide bonds. The fourth-order valence-electron chi connectivity index (χ4n) is 2.38. The average molecular weight is 178 g/mol. The van der Waals surface area contributed by atoms with Crippen LogP contribution in [0.25, 0.3) is 0 Å². The Hall–Kier alpha value is -1.12. The molecule has 0 aromatic carbocycles. The van der Waals surface area contributed by atoms with Crippen LogP contribution in [0.5, 0.6) is 0 Å². The zero-order chi connectivity index (χ0) is 8.89. The van der Waals surface area contributed by atoms with E-state index in [4.69, 9.17) is 0 Å². The van der Waals surface area contributed by atoms with Crippen molar-refractivity contribution in [2.45, 2.75) is 24.8 Å². The van der Waals surface area contributed by atoms with E-state index >= 15 is 0 Å². The number of halogens is 1. The Kier molecular flexibility index (Phi) is 1.25. The maximum absolute atomic E-state index is 12.7. The molecule has 1 aromatic rings. The van der Waals surface area contributed by atoms with Gasteiger partial charge in [-0.2, -0.15) is 4.39 Å². The number of aromatic nitrogens is 1. The summed E-state index contributed by atoms with van der Waals surface area (Å²) in [5, 5.41) is 3.31. The number of hydrogen-bond acceptors (Lipinski definition) is 2. The van der Waals surface area contributed by atoms with E-state index < -0.39 is 5.95 Å². The van der Waals surface area contributed by atoms with E-state index in [2.05, 4.69) is 10.3 Å². The summed E-state index contributed by atoms with van der Waals surface area (Å²) in [5.41, 5.74) is 0.283. The lowest BCUT2D eigenvalue weighted by Crippen LogP contribution is -2.63. The van der Waals surface area contributed by atoms with Crippen LogP contribution in [-0.4, -0.2) is 10.5 Å². The fraction of sp³-hybridized carbons (Fsp3) is 0.500. The maximum atomic E-state index is 12.7. The third-order valence-corrected chi connectivity index (χ3v) is 3.15. The van der Waals surface area contributed by atoms with Gasteiger partial charge in [0.1, 0.15) is 5.82 Å². The van der Waals surface area contributed by atoms with Crippen LogP contribution < -0.4 is 5.32 Å². The van der Waals surface area contributed by atoms with Crippen molar-refractivity contribution in [2.24, 2.45) is 5.92 Å². The summed E-state index contributed by atoms with van der Waals surface area (Å²) in [6.45, 7) is 0. The molecular formula is C10H11FN2. The van der Waals surface area contributed by atoms with E-state index in [0.29, 0.717) is 5.82 Å². The summed E-state index contributed by atoms with van der Waals surface area (Å²) in [6, 6.07) is 4.88. The van der Waals surface area contributed by atoms with Crippen LogP contribution in [0, 0.1) is 11.9 Å². The van der Waals surface area contributed by atoms with Gasteiger partial charge in [0.15, 0.2) is 0 Å². The number of hydrogen-bond donors (Lipinski definition) is 1. The second-order valence-electron chi connectivity index (χ2n) is 4.23. The Morgan fingerprint density at radius 3 is 2.69 bits per heavy atom. The molecule has 2 nitrogen and oxygen atoms in total. The van der Waals surface area contributed by atoms with Gasteiger partial charge in [0.05, 0.1) is 0 Å². The summed E-state index contributed by atoms with van der Waals surface area (Å²) < 4.78 is 12.7. The third kappa shape index (κ3) is 1.03. The molecule has 0 atom stereocenters. The summed E-state index contributed by atoms with van der Waals surface area (Å²) in [7, 11) is 0. The Labute approximate surface area is 76.2 Å². The Morgan fingerprint density at radius 2 is 2.15 bits per heavy atom. The van der Waals surface area contributed by atoms with Crippen LogP contribution in [-0.2, 0) is 0 Å². The molecule has 68 valence electrons. The lowest BCUT2D eigenvalue weighted by atomic mass is 9.50. The summed E-state index contributed by atoms with van der Waals surface area (Å²) in [6.07, 6.45) is 3.72. The van der Waals surface area contributed by atoms with Crippen molar-refractivity contribution in [1.82, 2.24) is 4.98 Å². The standard InChI is InChI=1S/C10H11FN2/c11-8-2-1-3-9(12-8)13-10-4-7(5-10)6-10/h1-3,7H,4-6H2,(H,12,13). The minimum atomic E-state index is -0.406. The molecule has 3 heteroatoms. The average Bonchev–Trinajstić information content (AvgIpc) is 1.95. The molecule has 3 aliphatic rings. The SMILES string of the molecule is Fc1cccc(NC23CC(C2)C3)n1. The molecule has 0 unspecified atom stereocenters. The van der Waals surface area contributed by atoms with E-state index in [0.717, 1.165) is 5.92 Å². The van der Waals surface area contributed by atoms with Gasteiger partial charge in [-0.3, -0.25) is 0 Å². The highest BCUT2D eigenvalue weighted by Crippen LogP contribution is 2.58. The van der Waals surface area contributed by atoms with Gasteiger partial charge >= 0.3 is 0 Å². The van der Waals surface area contributed by atoms with Crippen molar-refractivity contribution < 1.29 is 4.39 Å². The summed E-state index contributed by atoms with van der Waals surface area (Å²) in [5.74, 6) is 1.20. The number of anilines is 1. The summed E-state index contributed by atoms with van der Waals surface area (Å²) >= 11 is 0. The van der Waals surface area contributed by atoms with Crippen LogP contribution in [0.15, 0.2) is 18.2 Å². The molecule has 4 rings (SSSR count). The minimum absolute atomic E-state index is 0.283.